The number of hydrogen-bond donors (Lipinski definition) is 1. The van der Waals surface area contributed by atoms with E-state index in [1.54, 1.807) is 29.7 Å². The van der Waals surface area contributed by atoms with Crippen molar-refractivity contribution >= 4 is 23.1 Å². The number of pyridine rings is 1. The van der Waals surface area contributed by atoms with Crippen LogP contribution >= 0.6 is 0 Å². The molecule has 1 aliphatic heterocycles. The Morgan fingerprint density at radius 1 is 1.20 bits per heavy atom. The molecule has 0 bridgehead atoms. The van der Waals surface area contributed by atoms with Crippen LogP contribution in [-0.2, 0) is 14.3 Å². The molecule has 1 saturated heterocycles. The molecule has 0 radical (unpaired) electrons. The van der Waals surface area contributed by atoms with Crippen LogP contribution in [0, 0.1) is 12.7 Å². The first-order chi connectivity index (χ1) is 14.4. The monoisotopic (exact) mass is 409 g/mol. The molecule has 1 aliphatic rings. The molecule has 3 aromatic rings. The Kier molecular flexibility index (Phi) is 5.09. The Morgan fingerprint density at radius 3 is 2.63 bits per heavy atom. The third-order valence-corrected chi connectivity index (χ3v) is 5.19. The number of ether oxygens (including phenoxy) is 1. The molecule has 0 saturated carbocycles. The molecule has 2 aromatic heterocycles. The van der Waals surface area contributed by atoms with Gasteiger partial charge in [0, 0.05) is 19.9 Å². The lowest BCUT2D eigenvalue weighted by molar-refractivity contribution is -0.140. The Morgan fingerprint density at radius 2 is 1.93 bits per heavy atom. The lowest BCUT2D eigenvalue weighted by atomic mass is 9.96. The molecule has 1 N–H and O–H groups in total. The molecule has 30 heavy (non-hydrogen) atoms. The number of nitrogens with zero attached hydrogens (tertiary/aromatic N) is 3. The number of amides is 1. The summed E-state index contributed by atoms with van der Waals surface area (Å²) in [5, 5.41) is 11.2. The van der Waals surface area contributed by atoms with Gasteiger partial charge in [-0.05, 0) is 36.8 Å². The number of aliphatic hydroxyl groups is 1. The molecule has 0 spiro atoms. The normalized spacial score (nSPS) is 18.5. The third kappa shape index (κ3) is 3.15. The molecule has 0 aliphatic carbocycles. The van der Waals surface area contributed by atoms with Gasteiger partial charge in [-0.15, -0.1) is 0 Å². The zero-order chi connectivity index (χ0) is 21.4. The average molecular weight is 409 g/mol. The van der Waals surface area contributed by atoms with Gasteiger partial charge in [-0.25, -0.2) is 9.37 Å². The number of halogens is 1. The van der Waals surface area contributed by atoms with Gasteiger partial charge >= 0.3 is 0 Å². The molecule has 4 rings (SSSR count). The molecule has 3 heterocycles. The zero-order valence-electron chi connectivity index (χ0n) is 16.5. The number of rotatable bonds is 5. The molecule has 1 fully saturated rings. The molecule has 8 heteroatoms. The minimum absolute atomic E-state index is 0.0588. The number of imidazole rings is 1. The Hall–Kier alpha value is -3.52. The van der Waals surface area contributed by atoms with Gasteiger partial charge in [0.2, 0.25) is 0 Å². The van der Waals surface area contributed by atoms with Gasteiger partial charge in [0.15, 0.2) is 5.76 Å². The van der Waals surface area contributed by atoms with Crippen molar-refractivity contribution in [1.29, 1.82) is 0 Å². The van der Waals surface area contributed by atoms with Gasteiger partial charge in [-0.1, -0.05) is 18.2 Å². The second kappa shape index (κ2) is 7.72. The van der Waals surface area contributed by atoms with Gasteiger partial charge in [0.1, 0.15) is 17.2 Å². The summed E-state index contributed by atoms with van der Waals surface area (Å²) in [5.74, 6) is -2.30. The Labute approximate surface area is 172 Å². The van der Waals surface area contributed by atoms with Gasteiger partial charge in [-0.3, -0.25) is 14.0 Å². The summed E-state index contributed by atoms with van der Waals surface area (Å²) in [4.78, 5) is 31.5. The maximum atomic E-state index is 13.5. The summed E-state index contributed by atoms with van der Waals surface area (Å²) < 4.78 is 20.2. The second-order valence-electron chi connectivity index (χ2n) is 7.01. The van der Waals surface area contributed by atoms with Gasteiger partial charge in [0.25, 0.3) is 11.7 Å². The van der Waals surface area contributed by atoms with Crippen LogP contribution in [0.5, 0.6) is 0 Å². The number of aromatic nitrogens is 2. The average Bonchev–Trinajstić information content (AvgIpc) is 3.20. The largest absolute Gasteiger partial charge is 0.505 e. The molecule has 7 nitrogen and oxygen atoms in total. The van der Waals surface area contributed by atoms with Crippen LogP contribution in [0.2, 0.25) is 0 Å². The van der Waals surface area contributed by atoms with Crippen LogP contribution in [0.1, 0.15) is 23.0 Å². The van der Waals surface area contributed by atoms with Crippen molar-refractivity contribution in [3.8, 4) is 0 Å². The van der Waals surface area contributed by atoms with Crippen molar-refractivity contribution in [3.63, 3.8) is 0 Å². The van der Waals surface area contributed by atoms with E-state index in [-0.39, 0.29) is 24.5 Å². The zero-order valence-corrected chi connectivity index (χ0v) is 16.5. The maximum absolute atomic E-state index is 13.5. The summed E-state index contributed by atoms with van der Waals surface area (Å²) in [7, 11) is 1.49. The number of carbonyl (C=O) groups excluding carboxylic acids is 2. The number of benzene rings is 1. The predicted octanol–water partition coefficient (Wildman–Crippen LogP) is 2.85. The highest BCUT2D eigenvalue weighted by molar-refractivity contribution is 6.46. The standard InChI is InChI=1S/C22H20FN3O4/c1-13-18(25-10-4-3-5-16(25)24-13)20(27)17-19(14-6-8-15(23)9-7-14)26(11-12-30-2)22(29)21(17)28/h3-10,19,27H,11-12H2,1-2H3/b20-17+. The molecule has 1 amide bonds. The summed E-state index contributed by atoms with van der Waals surface area (Å²) >= 11 is 0. The molecular formula is C22H20FN3O4. The highest BCUT2D eigenvalue weighted by atomic mass is 19.1. The molecule has 1 aromatic carbocycles. The van der Waals surface area contributed by atoms with Crippen LogP contribution in [0.4, 0.5) is 4.39 Å². The summed E-state index contributed by atoms with van der Waals surface area (Å²) in [6.45, 7) is 2.07. The lowest BCUT2D eigenvalue weighted by Crippen LogP contribution is -2.32. The first-order valence-corrected chi connectivity index (χ1v) is 9.41. The van der Waals surface area contributed by atoms with E-state index < -0.39 is 23.5 Å². The fraction of sp³-hybridized carbons (Fsp3) is 0.227. The number of likely N-dealkylation sites (tertiary alicyclic amines) is 1. The summed E-state index contributed by atoms with van der Waals surface area (Å²) in [5.41, 5.74) is 1.90. The van der Waals surface area contributed by atoms with E-state index in [4.69, 9.17) is 4.74 Å². The number of Topliss-reactive ketones (excluding diaryl/α,β-unsaturated/α-hetero) is 1. The van der Waals surface area contributed by atoms with Crippen molar-refractivity contribution in [2.24, 2.45) is 0 Å². The number of aryl methyl sites for hydroxylation is 1. The molecule has 154 valence electrons. The summed E-state index contributed by atoms with van der Waals surface area (Å²) in [6, 6.07) is 10.0. The number of carbonyl (C=O) groups is 2. The van der Waals surface area contributed by atoms with Crippen molar-refractivity contribution in [2.45, 2.75) is 13.0 Å². The van der Waals surface area contributed by atoms with Crippen LogP contribution in [0.15, 0.2) is 54.2 Å². The minimum atomic E-state index is -0.866. The second-order valence-corrected chi connectivity index (χ2v) is 7.01. The number of hydrogen-bond acceptors (Lipinski definition) is 5. The first-order valence-electron chi connectivity index (χ1n) is 9.41. The summed E-state index contributed by atoms with van der Waals surface area (Å²) in [6.07, 6.45) is 1.72. The van der Waals surface area contributed by atoms with Crippen LogP contribution in [0.25, 0.3) is 11.4 Å². The van der Waals surface area contributed by atoms with Crippen molar-refractivity contribution in [1.82, 2.24) is 14.3 Å². The number of aliphatic hydroxyl groups excluding tert-OH is 1. The number of methoxy groups -OCH3 is 1. The number of fused-ring (bicyclic) bond motifs is 1. The van der Waals surface area contributed by atoms with E-state index >= 15 is 0 Å². The lowest BCUT2D eigenvalue weighted by Gasteiger charge is -2.25. The topological polar surface area (TPSA) is 84.1 Å². The molecule has 1 atom stereocenters. The molecular weight excluding hydrogens is 389 g/mol. The Balaban J connectivity index is 1.94. The quantitative estimate of drug-likeness (QED) is 0.398. The van der Waals surface area contributed by atoms with E-state index in [0.29, 0.717) is 22.6 Å². The fourth-order valence-corrected chi connectivity index (χ4v) is 3.82. The maximum Gasteiger partial charge on any atom is 0.295 e. The van der Waals surface area contributed by atoms with E-state index in [1.807, 2.05) is 6.07 Å². The van der Waals surface area contributed by atoms with Gasteiger partial charge in [-0.2, -0.15) is 0 Å². The third-order valence-electron chi connectivity index (χ3n) is 5.19. The van der Waals surface area contributed by atoms with Crippen LogP contribution in [0.3, 0.4) is 0 Å². The van der Waals surface area contributed by atoms with Crippen LogP contribution in [-0.4, -0.2) is 51.3 Å². The fourth-order valence-electron chi connectivity index (χ4n) is 3.82. The van der Waals surface area contributed by atoms with Gasteiger partial charge < -0.3 is 14.7 Å². The Bertz CT molecular complexity index is 1170. The van der Waals surface area contributed by atoms with Crippen molar-refractivity contribution < 1.29 is 23.8 Å². The predicted molar refractivity (Wildman–Crippen MR) is 107 cm³/mol. The van der Waals surface area contributed by atoms with E-state index in [0.717, 1.165) is 0 Å². The minimum Gasteiger partial charge on any atom is -0.505 e. The van der Waals surface area contributed by atoms with Crippen molar-refractivity contribution in [2.75, 3.05) is 20.3 Å². The van der Waals surface area contributed by atoms with E-state index in [2.05, 4.69) is 4.98 Å². The molecule has 1 unspecified atom stereocenters. The SMILES string of the molecule is COCCN1C(=O)C(=O)/C(=C(/O)c2c(C)nc3ccccn23)C1c1ccc(F)cc1. The van der Waals surface area contributed by atoms with Crippen LogP contribution < -0.4 is 0 Å². The first kappa shape index (κ1) is 19.8. The van der Waals surface area contributed by atoms with E-state index in [9.17, 15) is 19.1 Å². The smallest absolute Gasteiger partial charge is 0.295 e. The van der Waals surface area contributed by atoms with E-state index in [1.165, 1.54) is 36.3 Å². The van der Waals surface area contributed by atoms with Gasteiger partial charge in [0.05, 0.1) is 23.9 Å². The highest BCUT2D eigenvalue weighted by Crippen LogP contribution is 2.39. The van der Waals surface area contributed by atoms with Crippen molar-refractivity contribution in [3.05, 3.63) is 77.0 Å². The highest BCUT2D eigenvalue weighted by Gasteiger charge is 2.46. The number of ketones is 1.